The minimum absolute atomic E-state index is 0.367. The molecule has 6 heteroatoms. The third kappa shape index (κ3) is 3.01. The Labute approximate surface area is 98.2 Å². The largest absolute Gasteiger partial charge is 0.380 e. The molecule has 2 N–H and O–H groups in total. The Morgan fingerprint density at radius 2 is 2.44 bits per heavy atom. The van der Waals surface area contributed by atoms with Gasteiger partial charge in [0.2, 0.25) is 0 Å². The first kappa shape index (κ1) is 11.5. The van der Waals surface area contributed by atoms with Crippen molar-refractivity contribution in [3.05, 3.63) is 16.1 Å². The van der Waals surface area contributed by atoms with Crippen LogP contribution in [0.3, 0.4) is 0 Å². The number of thiazole rings is 1. The fourth-order valence-electron chi connectivity index (χ4n) is 1.64. The van der Waals surface area contributed by atoms with E-state index in [1.165, 1.54) is 11.3 Å². The fraction of sp³-hybridized carbons (Fsp3) is 0.600. The Bertz CT molecular complexity index is 359. The van der Waals surface area contributed by atoms with Crippen molar-refractivity contribution in [3.8, 4) is 0 Å². The van der Waals surface area contributed by atoms with E-state index in [9.17, 15) is 4.79 Å². The molecule has 0 atom stereocenters. The zero-order valence-electron chi connectivity index (χ0n) is 9.02. The molecule has 0 aromatic carbocycles. The first-order valence-electron chi connectivity index (χ1n) is 5.30. The van der Waals surface area contributed by atoms with Gasteiger partial charge in [0.1, 0.15) is 10.7 Å². The average Bonchev–Trinajstić information content (AvgIpc) is 2.56. The predicted octanol–water partition coefficient (Wildman–Crippen LogP) is 0.464. The van der Waals surface area contributed by atoms with E-state index in [1.54, 1.807) is 5.38 Å². The summed E-state index contributed by atoms with van der Waals surface area (Å²) >= 11 is 1.48. The second-order valence-corrected chi connectivity index (χ2v) is 4.68. The van der Waals surface area contributed by atoms with Crippen molar-refractivity contribution in [1.82, 2.24) is 9.88 Å². The lowest BCUT2D eigenvalue weighted by Gasteiger charge is -2.16. The maximum absolute atomic E-state index is 10.9. The molecule has 0 radical (unpaired) electrons. The van der Waals surface area contributed by atoms with Gasteiger partial charge in [-0.2, -0.15) is 0 Å². The van der Waals surface area contributed by atoms with Crippen LogP contribution in [-0.2, 0) is 11.3 Å². The number of rotatable bonds is 3. The van der Waals surface area contributed by atoms with Crippen molar-refractivity contribution >= 4 is 17.2 Å². The SMILES string of the molecule is NC(=O)c1csc(CN2CCCOCC2)n1. The number of hydrogen-bond acceptors (Lipinski definition) is 5. The summed E-state index contributed by atoms with van der Waals surface area (Å²) in [6.45, 7) is 4.33. The van der Waals surface area contributed by atoms with Gasteiger partial charge in [-0.1, -0.05) is 0 Å². The normalized spacial score (nSPS) is 18.2. The smallest absolute Gasteiger partial charge is 0.268 e. The van der Waals surface area contributed by atoms with Gasteiger partial charge < -0.3 is 10.5 Å². The molecule has 1 aliphatic heterocycles. The molecule has 16 heavy (non-hydrogen) atoms. The van der Waals surface area contributed by atoms with Crippen molar-refractivity contribution in [1.29, 1.82) is 0 Å². The molecule has 0 bridgehead atoms. The van der Waals surface area contributed by atoms with Crippen LogP contribution in [0.1, 0.15) is 21.9 Å². The van der Waals surface area contributed by atoms with Crippen LogP contribution in [0.25, 0.3) is 0 Å². The van der Waals surface area contributed by atoms with Gasteiger partial charge in [0.15, 0.2) is 0 Å². The van der Waals surface area contributed by atoms with Crippen molar-refractivity contribution in [3.63, 3.8) is 0 Å². The van der Waals surface area contributed by atoms with Crippen LogP contribution in [-0.4, -0.2) is 42.1 Å². The molecule has 0 spiro atoms. The van der Waals surface area contributed by atoms with E-state index in [-0.39, 0.29) is 0 Å². The molecule has 2 heterocycles. The highest BCUT2D eigenvalue weighted by Gasteiger charge is 2.13. The number of carbonyl (C=O) groups excluding carboxylic acids is 1. The maximum Gasteiger partial charge on any atom is 0.268 e. The number of carbonyl (C=O) groups is 1. The lowest BCUT2D eigenvalue weighted by atomic mass is 10.4. The van der Waals surface area contributed by atoms with Gasteiger partial charge in [-0.25, -0.2) is 4.98 Å². The fourth-order valence-corrected chi connectivity index (χ4v) is 2.47. The highest BCUT2D eigenvalue weighted by atomic mass is 32.1. The van der Waals surface area contributed by atoms with E-state index in [0.29, 0.717) is 5.69 Å². The third-order valence-electron chi connectivity index (χ3n) is 2.48. The standard InChI is InChI=1S/C10H15N3O2S/c11-10(14)8-7-16-9(12-8)6-13-2-1-4-15-5-3-13/h7H,1-6H2,(H2,11,14). The molecule has 1 aromatic rings. The number of hydrogen-bond donors (Lipinski definition) is 1. The van der Waals surface area contributed by atoms with Crippen molar-refractivity contribution in [2.24, 2.45) is 5.73 Å². The molecule has 0 unspecified atom stereocenters. The Morgan fingerprint density at radius 3 is 3.19 bits per heavy atom. The molecule has 1 aliphatic rings. The molecule has 1 saturated heterocycles. The summed E-state index contributed by atoms with van der Waals surface area (Å²) in [7, 11) is 0. The Morgan fingerprint density at radius 1 is 1.56 bits per heavy atom. The zero-order chi connectivity index (χ0) is 11.4. The van der Waals surface area contributed by atoms with Crippen molar-refractivity contribution < 1.29 is 9.53 Å². The predicted molar refractivity (Wildman–Crippen MR) is 61.3 cm³/mol. The first-order chi connectivity index (χ1) is 7.75. The van der Waals surface area contributed by atoms with Crippen LogP contribution in [0.15, 0.2) is 5.38 Å². The summed E-state index contributed by atoms with van der Waals surface area (Å²) in [6, 6.07) is 0. The summed E-state index contributed by atoms with van der Waals surface area (Å²) in [6.07, 6.45) is 1.05. The average molecular weight is 241 g/mol. The molecule has 1 fully saturated rings. The molecular weight excluding hydrogens is 226 g/mol. The molecule has 2 rings (SSSR count). The lowest BCUT2D eigenvalue weighted by molar-refractivity contribution is 0.0995. The maximum atomic E-state index is 10.9. The van der Waals surface area contributed by atoms with Crippen LogP contribution in [0, 0.1) is 0 Å². The van der Waals surface area contributed by atoms with Crippen molar-refractivity contribution in [2.75, 3.05) is 26.3 Å². The minimum atomic E-state index is -0.457. The summed E-state index contributed by atoms with van der Waals surface area (Å²) < 4.78 is 5.37. The second kappa shape index (κ2) is 5.38. The van der Waals surface area contributed by atoms with Crippen LogP contribution in [0.4, 0.5) is 0 Å². The Kier molecular flexibility index (Phi) is 3.87. The van der Waals surface area contributed by atoms with Gasteiger partial charge in [0.25, 0.3) is 5.91 Å². The number of ether oxygens (including phenoxy) is 1. The van der Waals surface area contributed by atoms with E-state index in [2.05, 4.69) is 9.88 Å². The van der Waals surface area contributed by atoms with E-state index in [0.717, 1.165) is 44.3 Å². The van der Waals surface area contributed by atoms with Gasteiger partial charge >= 0.3 is 0 Å². The molecule has 0 saturated carbocycles. The van der Waals surface area contributed by atoms with Crippen LogP contribution < -0.4 is 5.73 Å². The van der Waals surface area contributed by atoms with E-state index < -0.39 is 5.91 Å². The number of nitrogens with zero attached hydrogens (tertiary/aromatic N) is 2. The van der Waals surface area contributed by atoms with Gasteiger partial charge in [0.05, 0.1) is 13.2 Å². The Hall–Kier alpha value is -0.980. The highest BCUT2D eigenvalue weighted by molar-refractivity contribution is 7.09. The summed E-state index contributed by atoms with van der Waals surface area (Å²) in [5, 5.41) is 2.65. The van der Waals surface area contributed by atoms with E-state index in [1.807, 2.05) is 0 Å². The van der Waals surface area contributed by atoms with Gasteiger partial charge in [0, 0.05) is 25.1 Å². The lowest BCUT2D eigenvalue weighted by Crippen LogP contribution is -2.25. The monoisotopic (exact) mass is 241 g/mol. The first-order valence-corrected chi connectivity index (χ1v) is 6.18. The number of amides is 1. The zero-order valence-corrected chi connectivity index (χ0v) is 9.83. The van der Waals surface area contributed by atoms with Gasteiger partial charge in [-0.3, -0.25) is 9.69 Å². The van der Waals surface area contributed by atoms with Crippen LogP contribution in [0.5, 0.6) is 0 Å². The molecule has 88 valence electrons. The molecule has 5 nitrogen and oxygen atoms in total. The van der Waals surface area contributed by atoms with E-state index >= 15 is 0 Å². The summed E-state index contributed by atoms with van der Waals surface area (Å²) in [4.78, 5) is 17.4. The van der Waals surface area contributed by atoms with Gasteiger partial charge in [-0.15, -0.1) is 11.3 Å². The number of aromatic nitrogens is 1. The quantitative estimate of drug-likeness (QED) is 0.835. The second-order valence-electron chi connectivity index (χ2n) is 3.73. The number of primary amides is 1. The summed E-state index contributed by atoms with van der Waals surface area (Å²) in [5.74, 6) is -0.457. The summed E-state index contributed by atoms with van der Waals surface area (Å²) in [5.41, 5.74) is 5.52. The van der Waals surface area contributed by atoms with Crippen LogP contribution >= 0.6 is 11.3 Å². The van der Waals surface area contributed by atoms with Gasteiger partial charge in [-0.05, 0) is 6.42 Å². The molecule has 1 amide bonds. The molecule has 1 aromatic heterocycles. The van der Waals surface area contributed by atoms with E-state index in [4.69, 9.17) is 10.5 Å². The Balaban J connectivity index is 1.94. The highest BCUT2D eigenvalue weighted by Crippen LogP contribution is 2.13. The number of nitrogens with two attached hydrogens (primary N) is 1. The third-order valence-corrected chi connectivity index (χ3v) is 3.31. The van der Waals surface area contributed by atoms with Crippen molar-refractivity contribution in [2.45, 2.75) is 13.0 Å². The minimum Gasteiger partial charge on any atom is -0.380 e. The van der Waals surface area contributed by atoms with Crippen LogP contribution in [0.2, 0.25) is 0 Å². The molecular formula is C10H15N3O2S. The molecule has 0 aliphatic carbocycles. The topological polar surface area (TPSA) is 68.5 Å².